The van der Waals surface area contributed by atoms with Crippen LogP contribution < -0.4 is 5.73 Å². The van der Waals surface area contributed by atoms with E-state index in [-0.39, 0.29) is 6.54 Å². The van der Waals surface area contributed by atoms with Crippen LogP contribution in [0.4, 0.5) is 0 Å². The molecule has 2 heteroatoms. The van der Waals surface area contributed by atoms with Gasteiger partial charge in [0, 0.05) is 6.54 Å². The Morgan fingerprint density at radius 2 is 2.07 bits per heavy atom. The number of aliphatic hydroxyl groups is 1. The molecule has 0 saturated heterocycles. The molecular weight excluding hydrogens is 186 g/mol. The van der Waals surface area contributed by atoms with Crippen LogP contribution in [0.3, 0.4) is 0 Å². The maximum absolute atomic E-state index is 10.2. The van der Waals surface area contributed by atoms with Gasteiger partial charge < -0.3 is 10.8 Å². The first-order chi connectivity index (χ1) is 7.15. The molecule has 0 bridgehead atoms. The van der Waals surface area contributed by atoms with Gasteiger partial charge in [-0.3, -0.25) is 0 Å². The molecule has 1 atom stereocenters. The Hall–Kier alpha value is -0.860. The summed E-state index contributed by atoms with van der Waals surface area (Å²) >= 11 is 0. The number of rotatable bonds is 3. The number of benzene rings is 1. The van der Waals surface area contributed by atoms with E-state index in [2.05, 4.69) is 6.07 Å². The summed E-state index contributed by atoms with van der Waals surface area (Å²) in [6.07, 6.45) is 3.80. The minimum Gasteiger partial charge on any atom is -0.384 e. The average Bonchev–Trinajstić information content (AvgIpc) is 2.16. The van der Waals surface area contributed by atoms with E-state index in [4.69, 9.17) is 5.73 Å². The summed E-state index contributed by atoms with van der Waals surface area (Å²) in [6.45, 7) is 2.07. The van der Waals surface area contributed by atoms with Crippen LogP contribution in [-0.2, 0) is 5.60 Å². The van der Waals surface area contributed by atoms with Crippen molar-refractivity contribution in [3.8, 4) is 0 Å². The summed E-state index contributed by atoms with van der Waals surface area (Å²) in [5.41, 5.74) is 7.04. The average molecular weight is 205 g/mol. The Kier molecular flexibility index (Phi) is 2.81. The quantitative estimate of drug-likeness (QED) is 0.794. The van der Waals surface area contributed by atoms with Crippen molar-refractivity contribution in [3.63, 3.8) is 0 Å². The second-order valence-corrected chi connectivity index (χ2v) is 4.69. The van der Waals surface area contributed by atoms with Crippen LogP contribution in [0.1, 0.15) is 43.2 Å². The number of hydrogen-bond acceptors (Lipinski definition) is 2. The Bertz CT molecular complexity index is 342. The summed E-state index contributed by atoms with van der Waals surface area (Å²) < 4.78 is 0. The summed E-state index contributed by atoms with van der Waals surface area (Å²) in [4.78, 5) is 0. The highest BCUT2D eigenvalue weighted by molar-refractivity contribution is 5.36. The maximum atomic E-state index is 10.2. The molecule has 0 amide bonds. The van der Waals surface area contributed by atoms with Gasteiger partial charge in [0.25, 0.3) is 0 Å². The van der Waals surface area contributed by atoms with E-state index in [1.807, 2.05) is 18.2 Å². The van der Waals surface area contributed by atoms with E-state index in [1.165, 1.54) is 24.8 Å². The Balaban J connectivity index is 2.37. The van der Waals surface area contributed by atoms with E-state index in [9.17, 15) is 5.11 Å². The smallest absolute Gasteiger partial charge is 0.0992 e. The largest absolute Gasteiger partial charge is 0.384 e. The zero-order chi connectivity index (χ0) is 10.9. The van der Waals surface area contributed by atoms with Crippen LogP contribution in [0.2, 0.25) is 0 Å². The fourth-order valence-corrected chi connectivity index (χ4v) is 2.17. The molecule has 1 aromatic carbocycles. The molecule has 0 aromatic heterocycles. The Morgan fingerprint density at radius 3 is 2.60 bits per heavy atom. The lowest BCUT2D eigenvalue weighted by Crippen LogP contribution is -2.33. The third-order valence-corrected chi connectivity index (χ3v) is 3.48. The zero-order valence-corrected chi connectivity index (χ0v) is 9.24. The van der Waals surface area contributed by atoms with Crippen molar-refractivity contribution in [2.75, 3.05) is 6.54 Å². The van der Waals surface area contributed by atoms with Crippen molar-refractivity contribution in [2.24, 2.45) is 5.73 Å². The van der Waals surface area contributed by atoms with E-state index >= 15 is 0 Å². The molecule has 1 saturated carbocycles. The third kappa shape index (κ3) is 1.92. The van der Waals surface area contributed by atoms with Crippen LogP contribution in [0.5, 0.6) is 0 Å². The van der Waals surface area contributed by atoms with Gasteiger partial charge in [0.05, 0.1) is 5.60 Å². The van der Waals surface area contributed by atoms with Gasteiger partial charge in [-0.05, 0) is 36.8 Å². The zero-order valence-electron chi connectivity index (χ0n) is 9.24. The second-order valence-electron chi connectivity index (χ2n) is 4.69. The minimum atomic E-state index is -0.883. The molecule has 3 N–H and O–H groups in total. The van der Waals surface area contributed by atoms with Crippen molar-refractivity contribution in [2.45, 2.75) is 37.7 Å². The van der Waals surface area contributed by atoms with Gasteiger partial charge >= 0.3 is 0 Å². The lowest BCUT2D eigenvalue weighted by atomic mass is 9.75. The van der Waals surface area contributed by atoms with Crippen molar-refractivity contribution < 1.29 is 5.11 Å². The Morgan fingerprint density at radius 1 is 1.40 bits per heavy atom. The molecule has 1 aliphatic carbocycles. The Labute approximate surface area is 91.1 Å². The van der Waals surface area contributed by atoms with Crippen LogP contribution in [0.15, 0.2) is 24.3 Å². The van der Waals surface area contributed by atoms with Crippen molar-refractivity contribution in [1.29, 1.82) is 0 Å². The molecule has 0 heterocycles. The highest BCUT2D eigenvalue weighted by Gasteiger charge is 2.29. The lowest BCUT2D eigenvalue weighted by molar-refractivity contribution is 0.0649. The summed E-state index contributed by atoms with van der Waals surface area (Å²) in [5.74, 6) is 0.638. The topological polar surface area (TPSA) is 46.2 Å². The molecular formula is C13H19NO. The van der Waals surface area contributed by atoms with Crippen LogP contribution in [0, 0.1) is 0 Å². The van der Waals surface area contributed by atoms with Crippen molar-refractivity contribution in [3.05, 3.63) is 35.4 Å². The van der Waals surface area contributed by atoms with Crippen molar-refractivity contribution in [1.82, 2.24) is 0 Å². The molecule has 0 spiro atoms. The predicted molar refractivity (Wildman–Crippen MR) is 61.7 cm³/mol. The monoisotopic (exact) mass is 205 g/mol. The third-order valence-electron chi connectivity index (χ3n) is 3.48. The summed E-state index contributed by atoms with van der Waals surface area (Å²) in [5, 5.41) is 10.2. The molecule has 82 valence electrons. The molecule has 1 fully saturated rings. The molecule has 15 heavy (non-hydrogen) atoms. The van der Waals surface area contributed by atoms with Gasteiger partial charge in [-0.1, -0.05) is 30.7 Å². The SMILES string of the molecule is CC(O)(CN)c1ccccc1C1CCC1. The van der Waals surface area contributed by atoms with E-state index in [0.29, 0.717) is 5.92 Å². The van der Waals surface area contributed by atoms with Crippen LogP contribution >= 0.6 is 0 Å². The minimum absolute atomic E-state index is 0.275. The lowest BCUT2D eigenvalue weighted by Gasteiger charge is -2.32. The summed E-state index contributed by atoms with van der Waals surface area (Å²) in [7, 11) is 0. The normalized spacial score (nSPS) is 20.7. The van der Waals surface area contributed by atoms with Crippen molar-refractivity contribution >= 4 is 0 Å². The molecule has 2 nitrogen and oxygen atoms in total. The number of hydrogen-bond donors (Lipinski definition) is 2. The van der Waals surface area contributed by atoms with Gasteiger partial charge in [-0.15, -0.1) is 0 Å². The molecule has 2 rings (SSSR count). The van der Waals surface area contributed by atoms with Crippen LogP contribution in [0.25, 0.3) is 0 Å². The molecule has 1 aliphatic rings. The molecule has 1 unspecified atom stereocenters. The van der Waals surface area contributed by atoms with E-state index < -0.39 is 5.60 Å². The first kappa shape index (κ1) is 10.7. The maximum Gasteiger partial charge on any atom is 0.0992 e. The van der Waals surface area contributed by atoms with Gasteiger partial charge in [0.1, 0.15) is 0 Å². The van der Waals surface area contributed by atoms with E-state index in [1.54, 1.807) is 6.92 Å². The highest BCUT2D eigenvalue weighted by atomic mass is 16.3. The fourth-order valence-electron chi connectivity index (χ4n) is 2.17. The first-order valence-electron chi connectivity index (χ1n) is 5.67. The van der Waals surface area contributed by atoms with Gasteiger partial charge in [-0.25, -0.2) is 0 Å². The first-order valence-corrected chi connectivity index (χ1v) is 5.67. The predicted octanol–water partition coefficient (Wildman–Crippen LogP) is 2.12. The highest BCUT2D eigenvalue weighted by Crippen LogP contribution is 2.40. The van der Waals surface area contributed by atoms with Gasteiger partial charge in [-0.2, -0.15) is 0 Å². The fraction of sp³-hybridized carbons (Fsp3) is 0.538. The number of nitrogens with two attached hydrogens (primary N) is 1. The standard InChI is InChI=1S/C13H19NO/c1-13(15,9-14)12-8-3-2-7-11(12)10-5-4-6-10/h2-3,7-8,10,15H,4-6,9,14H2,1H3. The van der Waals surface area contributed by atoms with Gasteiger partial charge in [0.15, 0.2) is 0 Å². The second kappa shape index (κ2) is 3.95. The molecule has 1 aromatic rings. The molecule has 0 radical (unpaired) electrons. The van der Waals surface area contributed by atoms with Gasteiger partial charge in [0.2, 0.25) is 0 Å². The summed E-state index contributed by atoms with van der Waals surface area (Å²) in [6, 6.07) is 8.15. The van der Waals surface area contributed by atoms with E-state index in [0.717, 1.165) is 5.56 Å². The van der Waals surface area contributed by atoms with Crippen LogP contribution in [-0.4, -0.2) is 11.7 Å². The molecule has 0 aliphatic heterocycles.